The van der Waals surface area contributed by atoms with Crippen LogP contribution in [-0.2, 0) is 22.7 Å². The third kappa shape index (κ3) is 4.94. The summed E-state index contributed by atoms with van der Waals surface area (Å²) in [5.41, 5.74) is 6.99. The summed E-state index contributed by atoms with van der Waals surface area (Å²) in [5, 5.41) is 0. The van der Waals surface area contributed by atoms with Crippen molar-refractivity contribution in [3.8, 4) is 0 Å². The molecule has 5 nitrogen and oxygen atoms in total. The molecular weight excluding hydrogens is 280 g/mol. The molecule has 2 rings (SSSR count). The van der Waals surface area contributed by atoms with E-state index in [2.05, 4.69) is 0 Å². The van der Waals surface area contributed by atoms with Gasteiger partial charge in [0.2, 0.25) is 5.91 Å². The van der Waals surface area contributed by atoms with Gasteiger partial charge in [-0.1, -0.05) is 60.7 Å². The van der Waals surface area contributed by atoms with E-state index in [0.29, 0.717) is 0 Å². The Morgan fingerprint density at radius 3 is 2.00 bits per heavy atom. The molecule has 0 bridgehead atoms. The highest BCUT2D eigenvalue weighted by Gasteiger charge is 2.17. The Kier molecular flexibility index (Phi) is 5.54. The molecule has 0 atom stereocenters. The number of rotatable bonds is 6. The summed E-state index contributed by atoms with van der Waals surface area (Å²) in [6, 6.07) is 18.7. The van der Waals surface area contributed by atoms with Gasteiger partial charge in [0.05, 0.1) is 0 Å². The summed E-state index contributed by atoms with van der Waals surface area (Å²) >= 11 is 0. The number of ether oxygens (including phenoxy) is 1. The molecule has 0 aliphatic carbocycles. The molecule has 0 unspecified atom stereocenters. The Labute approximate surface area is 129 Å². The molecule has 0 saturated heterocycles. The second-order valence-electron chi connectivity index (χ2n) is 4.85. The highest BCUT2D eigenvalue weighted by atomic mass is 16.6. The van der Waals surface area contributed by atoms with E-state index in [1.54, 1.807) is 0 Å². The lowest BCUT2D eigenvalue weighted by molar-refractivity contribution is -0.119. The van der Waals surface area contributed by atoms with Crippen molar-refractivity contribution >= 4 is 12.0 Å². The third-order valence-electron chi connectivity index (χ3n) is 3.03. The van der Waals surface area contributed by atoms with Crippen LogP contribution < -0.4 is 5.73 Å². The lowest BCUT2D eigenvalue weighted by Crippen LogP contribution is -2.38. The van der Waals surface area contributed by atoms with Gasteiger partial charge in [-0.3, -0.25) is 9.69 Å². The molecule has 0 radical (unpaired) electrons. The zero-order valence-corrected chi connectivity index (χ0v) is 12.1. The van der Waals surface area contributed by atoms with E-state index in [1.165, 1.54) is 4.90 Å². The third-order valence-corrected chi connectivity index (χ3v) is 3.03. The second-order valence-corrected chi connectivity index (χ2v) is 4.85. The van der Waals surface area contributed by atoms with E-state index in [9.17, 15) is 9.59 Å². The lowest BCUT2D eigenvalue weighted by Gasteiger charge is -2.20. The van der Waals surface area contributed by atoms with Crippen LogP contribution in [0.3, 0.4) is 0 Å². The van der Waals surface area contributed by atoms with Crippen molar-refractivity contribution in [2.75, 3.05) is 6.54 Å². The predicted molar refractivity (Wildman–Crippen MR) is 82.7 cm³/mol. The van der Waals surface area contributed by atoms with Crippen LogP contribution in [-0.4, -0.2) is 23.4 Å². The zero-order valence-electron chi connectivity index (χ0n) is 12.1. The first-order chi connectivity index (χ1) is 10.6. The van der Waals surface area contributed by atoms with Crippen molar-refractivity contribution < 1.29 is 14.3 Å². The number of benzene rings is 2. The topological polar surface area (TPSA) is 72.6 Å². The van der Waals surface area contributed by atoms with Crippen molar-refractivity contribution in [3.63, 3.8) is 0 Å². The van der Waals surface area contributed by atoms with E-state index in [-0.39, 0.29) is 19.7 Å². The molecule has 2 aromatic rings. The quantitative estimate of drug-likeness (QED) is 0.889. The largest absolute Gasteiger partial charge is 0.445 e. The minimum atomic E-state index is -0.576. The molecule has 0 fully saturated rings. The van der Waals surface area contributed by atoms with Crippen LogP contribution in [0.4, 0.5) is 4.79 Å². The highest BCUT2D eigenvalue weighted by Crippen LogP contribution is 2.08. The number of nitrogens with zero attached hydrogens (tertiary/aromatic N) is 1. The molecule has 0 aliphatic heterocycles. The number of carbonyl (C=O) groups excluding carboxylic acids is 2. The molecule has 2 aromatic carbocycles. The van der Waals surface area contributed by atoms with E-state index in [1.807, 2.05) is 60.7 Å². The number of hydrogen-bond acceptors (Lipinski definition) is 3. The fraction of sp³-hybridized carbons (Fsp3) is 0.176. The normalized spacial score (nSPS) is 10.0. The van der Waals surface area contributed by atoms with Gasteiger partial charge in [0, 0.05) is 6.54 Å². The Hall–Kier alpha value is -2.82. The Morgan fingerprint density at radius 2 is 1.45 bits per heavy atom. The van der Waals surface area contributed by atoms with Gasteiger partial charge >= 0.3 is 6.09 Å². The summed E-state index contributed by atoms with van der Waals surface area (Å²) < 4.78 is 5.24. The molecule has 0 heterocycles. The number of hydrogen-bond donors (Lipinski definition) is 1. The summed E-state index contributed by atoms with van der Waals surface area (Å²) in [5.74, 6) is -0.576. The van der Waals surface area contributed by atoms with E-state index in [4.69, 9.17) is 10.5 Å². The van der Waals surface area contributed by atoms with Crippen LogP contribution in [0.2, 0.25) is 0 Å². The van der Waals surface area contributed by atoms with Crippen molar-refractivity contribution in [2.45, 2.75) is 13.2 Å². The molecule has 22 heavy (non-hydrogen) atoms. The van der Waals surface area contributed by atoms with Gasteiger partial charge in [-0.25, -0.2) is 4.79 Å². The molecule has 114 valence electrons. The molecule has 5 heteroatoms. The second kappa shape index (κ2) is 7.83. The molecule has 0 aromatic heterocycles. The molecule has 0 saturated carbocycles. The summed E-state index contributed by atoms with van der Waals surface area (Å²) in [4.78, 5) is 24.6. The Bertz CT molecular complexity index is 614. The van der Waals surface area contributed by atoms with E-state index >= 15 is 0 Å². The summed E-state index contributed by atoms with van der Waals surface area (Å²) in [6.07, 6.45) is -0.563. The molecule has 2 N–H and O–H groups in total. The number of amides is 2. The number of carbonyl (C=O) groups is 2. The van der Waals surface area contributed by atoms with E-state index in [0.717, 1.165) is 11.1 Å². The monoisotopic (exact) mass is 298 g/mol. The first kappa shape index (κ1) is 15.6. The molecule has 2 amide bonds. The molecule has 0 spiro atoms. The zero-order chi connectivity index (χ0) is 15.8. The average Bonchev–Trinajstić information content (AvgIpc) is 2.53. The maximum atomic E-state index is 12.2. The van der Waals surface area contributed by atoms with Crippen LogP contribution in [0.1, 0.15) is 11.1 Å². The van der Waals surface area contributed by atoms with Crippen LogP contribution in [0, 0.1) is 0 Å². The highest BCUT2D eigenvalue weighted by molar-refractivity contribution is 5.80. The van der Waals surface area contributed by atoms with Gasteiger partial charge in [0.15, 0.2) is 0 Å². The smallest absolute Gasteiger partial charge is 0.410 e. The van der Waals surface area contributed by atoms with Crippen molar-refractivity contribution in [1.82, 2.24) is 4.90 Å². The van der Waals surface area contributed by atoms with Crippen molar-refractivity contribution in [1.29, 1.82) is 0 Å². The fourth-order valence-corrected chi connectivity index (χ4v) is 1.99. The van der Waals surface area contributed by atoms with Gasteiger partial charge in [0.1, 0.15) is 13.2 Å². The van der Waals surface area contributed by atoms with Crippen molar-refractivity contribution in [2.24, 2.45) is 5.73 Å². The van der Waals surface area contributed by atoms with Gasteiger partial charge in [-0.05, 0) is 11.1 Å². The van der Waals surface area contributed by atoms with Crippen LogP contribution in [0.5, 0.6) is 0 Å². The Morgan fingerprint density at radius 1 is 0.909 bits per heavy atom. The first-order valence-corrected chi connectivity index (χ1v) is 6.93. The fourth-order valence-electron chi connectivity index (χ4n) is 1.99. The summed E-state index contributed by atoms with van der Waals surface area (Å²) in [7, 11) is 0. The summed E-state index contributed by atoms with van der Waals surface area (Å²) in [6.45, 7) is 0.254. The minimum Gasteiger partial charge on any atom is -0.445 e. The van der Waals surface area contributed by atoms with Crippen LogP contribution in [0.25, 0.3) is 0 Å². The maximum absolute atomic E-state index is 12.2. The van der Waals surface area contributed by atoms with E-state index < -0.39 is 12.0 Å². The standard InChI is InChI=1S/C17H18N2O3/c18-16(20)12-19(11-14-7-3-1-4-8-14)17(21)22-13-15-9-5-2-6-10-15/h1-10H,11-13H2,(H2,18,20). The SMILES string of the molecule is NC(=O)CN(Cc1ccccc1)C(=O)OCc1ccccc1. The average molecular weight is 298 g/mol. The lowest BCUT2D eigenvalue weighted by atomic mass is 10.2. The van der Waals surface area contributed by atoms with Crippen molar-refractivity contribution in [3.05, 3.63) is 71.8 Å². The minimum absolute atomic E-state index is 0.156. The van der Waals surface area contributed by atoms with Crippen LogP contribution >= 0.6 is 0 Å². The maximum Gasteiger partial charge on any atom is 0.410 e. The van der Waals surface area contributed by atoms with Gasteiger partial charge in [-0.15, -0.1) is 0 Å². The van der Waals surface area contributed by atoms with Crippen LogP contribution in [0.15, 0.2) is 60.7 Å². The number of primary amides is 1. The molecular formula is C17H18N2O3. The van der Waals surface area contributed by atoms with Gasteiger partial charge in [-0.2, -0.15) is 0 Å². The Balaban J connectivity index is 1.98. The van der Waals surface area contributed by atoms with Gasteiger partial charge < -0.3 is 10.5 Å². The molecule has 0 aliphatic rings. The van der Waals surface area contributed by atoms with Gasteiger partial charge in [0.25, 0.3) is 0 Å². The number of nitrogens with two attached hydrogens (primary N) is 1. The first-order valence-electron chi connectivity index (χ1n) is 6.93. The predicted octanol–water partition coefficient (Wildman–Crippen LogP) is 2.31.